The minimum absolute atomic E-state index is 0.0846. The van der Waals surface area contributed by atoms with E-state index in [1.807, 2.05) is 18.2 Å². The minimum Gasteiger partial charge on any atom is -0.477 e. The third-order valence-corrected chi connectivity index (χ3v) is 4.81. The van der Waals surface area contributed by atoms with E-state index in [2.05, 4.69) is 23.7 Å². The van der Waals surface area contributed by atoms with Gasteiger partial charge in [-0.05, 0) is 32.0 Å². The van der Waals surface area contributed by atoms with E-state index in [1.54, 1.807) is 6.07 Å². The van der Waals surface area contributed by atoms with Crippen molar-refractivity contribution in [1.29, 1.82) is 0 Å². The lowest BCUT2D eigenvalue weighted by Crippen LogP contribution is -2.21. The van der Waals surface area contributed by atoms with Crippen LogP contribution in [-0.4, -0.2) is 29.1 Å². The SMILES string of the molecule is CCN(CC)c1ccc2cc(-c3ncc(C(=O)O)s3)c(=O)oc2c1. The Bertz CT molecular complexity index is 957. The highest BCUT2D eigenvalue weighted by molar-refractivity contribution is 7.16. The monoisotopic (exact) mass is 344 g/mol. The van der Waals surface area contributed by atoms with Gasteiger partial charge in [0.1, 0.15) is 15.5 Å². The first kappa shape index (κ1) is 16.2. The zero-order chi connectivity index (χ0) is 17.3. The number of nitrogens with zero attached hydrogens (tertiary/aromatic N) is 2. The average Bonchev–Trinajstić information content (AvgIpc) is 3.05. The zero-order valence-corrected chi connectivity index (χ0v) is 14.1. The molecule has 0 bridgehead atoms. The Morgan fingerprint density at radius 3 is 2.67 bits per heavy atom. The summed E-state index contributed by atoms with van der Waals surface area (Å²) in [5.41, 5.74) is 1.25. The van der Waals surface area contributed by atoms with Crippen LogP contribution in [0.25, 0.3) is 21.5 Å². The molecule has 0 unspecified atom stereocenters. The summed E-state index contributed by atoms with van der Waals surface area (Å²) in [4.78, 5) is 29.5. The summed E-state index contributed by atoms with van der Waals surface area (Å²) in [6.45, 7) is 5.85. The fraction of sp³-hybridized carbons (Fsp3) is 0.235. The van der Waals surface area contributed by atoms with E-state index in [1.165, 1.54) is 6.20 Å². The molecule has 0 aliphatic carbocycles. The van der Waals surface area contributed by atoms with Crippen molar-refractivity contribution in [3.8, 4) is 10.6 Å². The molecule has 0 atom stereocenters. The number of anilines is 1. The maximum atomic E-state index is 12.3. The highest BCUT2D eigenvalue weighted by atomic mass is 32.1. The maximum absolute atomic E-state index is 12.3. The van der Waals surface area contributed by atoms with E-state index in [-0.39, 0.29) is 10.4 Å². The number of aromatic carboxylic acids is 1. The Morgan fingerprint density at radius 1 is 1.29 bits per heavy atom. The molecule has 0 saturated carbocycles. The van der Waals surface area contributed by atoms with Gasteiger partial charge in [0.05, 0.1) is 11.8 Å². The van der Waals surface area contributed by atoms with Crippen LogP contribution < -0.4 is 10.5 Å². The Hall–Kier alpha value is -2.67. The van der Waals surface area contributed by atoms with Gasteiger partial charge in [0.15, 0.2) is 0 Å². The lowest BCUT2D eigenvalue weighted by molar-refractivity contribution is 0.0702. The Balaban J connectivity index is 2.08. The molecule has 0 radical (unpaired) electrons. The summed E-state index contributed by atoms with van der Waals surface area (Å²) in [6, 6.07) is 7.40. The Labute approximate surface area is 142 Å². The van der Waals surface area contributed by atoms with Crippen molar-refractivity contribution < 1.29 is 14.3 Å². The number of carboxylic acids is 1. The number of carbonyl (C=O) groups is 1. The van der Waals surface area contributed by atoms with Crippen LogP contribution in [-0.2, 0) is 0 Å². The molecule has 0 amide bonds. The molecule has 2 aromatic heterocycles. The first-order valence-corrected chi connectivity index (χ1v) is 8.37. The first-order chi connectivity index (χ1) is 11.5. The van der Waals surface area contributed by atoms with Crippen LogP contribution in [0.4, 0.5) is 5.69 Å². The van der Waals surface area contributed by atoms with Crippen molar-refractivity contribution in [2.24, 2.45) is 0 Å². The van der Waals surface area contributed by atoms with Crippen molar-refractivity contribution >= 4 is 34.0 Å². The quantitative estimate of drug-likeness (QED) is 0.714. The van der Waals surface area contributed by atoms with E-state index in [9.17, 15) is 9.59 Å². The molecule has 124 valence electrons. The number of thiazole rings is 1. The van der Waals surface area contributed by atoms with Crippen molar-refractivity contribution in [3.63, 3.8) is 0 Å². The predicted molar refractivity (Wildman–Crippen MR) is 94.1 cm³/mol. The number of hydrogen-bond donors (Lipinski definition) is 1. The van der Waals surface area contributed by atoms with Gasteiger partial charge in [-0.15, -0.1) is 11.3 Å². The predicted octanol–water partition coefficient (Wildman–Crippen LogP) is 3.46. The van der Waals surface area contributed by atoms with Crippen LogP contribution in [0.1, 0.15) is 23.5 Å². The number of aromatic nitrogens is 1. The molecule has 3 rings (SSSR count). The van der Waals surface area contributed by atoms with Gasteiger partial charge in [-0.1, -0.05) is 0 Å². The second-order valence-corrected chi connectivity index (χ2v) is 6.21. The van der Waals surface area contributed by atoms with Crippen molar-refractivity contribution in [2.75, 3.05) is 18.0 Å². The molecule has 0 fully saturated rings. The molecule has 3 aromatic rings. The summed E-state index contributed by atoms with van der Waals surface area (Å²) in [7, 11) is 0. The molecule has 0 saturated heterocycles. The van der Waals surface area contributed by atoms with Gasteiger partial charge in [-0.3, -0.25) is 0 Å². The molecule has 2 heterocycles. The Morgan fingerprint density at radius 2 is 2.04 bits per heavy atom. The number of hydrogen-bond acceptors (Lipinski definition) is 6. The fourth-order valence-electron chi connectivity index (χ4n) is 2.53. The zero-order valence-electron chi connectivity index (χ0n) is 13.3. The van der Waals surface area contributed by atoms with Crippen molar-refractivity contribution in [1.82, 2.24) is 4.98 Å². The molecule has 7 heteroatoms. The molecule has 24 heavy (non-hydrogen) atoms. The van der Waals surface area contributed by atoms with Gasteiger partial charge in [-0.2, -0.15) is 0 Å². The van der Waals surface area contributed by atoms with Crippen molar-refractivity contribution in [3.05, 3.63) is 45.8 Å². The summed E-state index contributed by atoms with van der Waals surface area (Å²) in [5.74, 6) is -1.06. The van der Waals surface area contributed by atoms with Gasteiger partial charge in [-0.25, -0.2) is 14.6 Å². The largest absolute Gasteiger partial charge is 0.477 e. The number of carboxylic acid groups (broad SMARTS) is 1. The smallest absolute Gasteiger partial charge is 0.347 e. The van der Waals surface area contributed by atoms with E-state index >= 15 is 0 Å². The van der Waals surface area contributed by atoms with Crippen LogP contribution in [0.5, 0.6) is 0 Å². The van der Waals surface area contributed by atoms with Crippen LogP contribution in [0.3, 0.4) is 0 Å². The standard InChI is InChI=1S/C17H16N2O4S/c1-3-19(4-2)11-6-5-10-7-12(17(22)23-13(10)8-11)15-18-9-14(24-15)16(20)21/h5-9H,3-4H2,1-2H3,(H,20,21). The molecular formula is C17H16N2O4S. The van der Waals surface area contributed by atoms with Crippen LogP contribution in [0, 0.1) is 0 Å². The molecule has 1 aromatic carbocycles. The van der Waals surface area contributed by atoms with E-state index < -0.39 is 11.6 Å². The summed E-state index contributed by atoms with van der Waals surface area (Å²) in [6.07, 6.45) is 1.25. The second-order valence-electron chi connectivity index (χ2n) is 5.18. The Kier molecular flexibility index (Phi) is 4.35. The lowest BCUT2D eigenvalue weighted by atomic mass is 10.1. The normalized spacial score (nSPS) is 10.9. The van der Waals surface area contributed by atoms with Gasteiger partial charge in [0, 0.05) is 30.2 Å². The van der Waals surface area contributed by atoms with Gasteiger partial charge in [0.25, 0.3) is 0 Å². The maximum Gasteiger partial charge on any atom is 0.347 e. The topological polar surface area (TPSA) is 83.6 Å². The summed E-state index contributed by atoms with van der Waals surface area (Å²) >= 11 is 0.953. The van der Waals surface area contributed by atoms with Crippen molar-refractivity contribution in [2.45, 2.75) is 13.8 Å². The van der Waals surface area contributed by atoms with Crippen LogP contribution >= 0.6 is 11.3 Å². The molecule has 1 N–H and O–H groups in total. The fourth-order valence-corrected chi connectivity index (χ4v) is 3.29. The number of fused-ring (bicyclic) bond motifs is 1. The highest BCUT2D eigenvalue weighted by Gasteiger charge is 2.15. The van der Waals surface area contributed by atoms with E-state index in [0.717, 1.165) is 35.5 Å². The minimum atomic E-state index is -1.06. The molecule has 6 nitrogen and oxygen atoms in total. The molecule has 0 aliphatic rings. The second kappa shape index (κ2) is 6.45. The van der Waals surface area contributed by atoms with Crippen LogP contribution in [0.15, 0.2) is 39.7 Å². The van der Waals surface area contributed by atoms with Gasteiger partial charge < -0.3 is 14.4 Å². The first-order valence-electron chi connectivity index (χ1n) is 7.55. The lowest BCUT2D eigenvalue weighted by Gasteiger charge is -2.20. The average molecular weight is 344 g/mol. The van der Waals surface area contributed by atoms with E-state index in [4.69, 9.17) is 9.52 Å². The molecular weight excluding hydrogens is 328 g/mol. The number of benzene rings is 1. The molecule has 0 aliphatic heterocycles. The summed E-state index contributed by atoms with van der Waals surface area (Å²) < 4.78 is 5.43. The third-order valence-electron chi connectivity index (χ3n) is 3.80. The van der Waals surface area contributed by atoms with E-state index in [0.29, 0.717) is 10.6 Å². The number of rotatable bonds is 5. The summed E-state index contributed by atoms with van der Waals surface area (Å²) in [5, 5.41) is 10.1. The molecule has 0 spiro atoms. The highest BCUT2D eigenvalue weighted by Crippen LogP contribution is 2.27. The third kappa shape index (κ3) is 2.90. The van der Waals surface area contributed by atoms with Gasteiger partial charge in [0.2, 0.25) is 0 Å². The van der Waals surface area contributed by atoms with Gasteiger partial charge >= 0.3 is 11.6 Å². The van der Waals surface area contributed by atoms with Crippen LogP contribution in [0.2, 0.25) is 0 Å².